The number of nitrogens with zero attached hydrogens (tertiary/aromatic N) is 5. The van der Waals surface area contributed by atoms with Gasteiger partial charge in [-0.2, -0.15) is 5.10 Å². The van der Waals surface area contributed by atoms with Crippen LogP contribution in [0.25, 0.3) is 11.0 Å². The zero-order chi connectivity index (χ0) is 16.9. The number of aromatic nitrogens is 4. The van der Waals surface area contributed by atoms with Crippen molar-refractivity contribution in [3.63, 3.8) is 0 Å². The van der Waals surface area contributed by atoms with Gasteiger partial charge < -0.3 is 10.2 Å². The van der Waals surface area contributed by atoms with Gasteiger partial charge in [0.15, 0.2) is 5.65 Å². The molecule has 0 aliphatic carbocycles. The summed E-state index contributed by atoms with van der Waals surface area (Å²) in [5.41, 5.74) is 2.09. The number of piperidine rings is 1. The second kappa shape index (κ2) is 7.61. The molecule has 1 fully saturated rings. The van der Waals surface area contributed by atoms with Crippen LogP contribution in [-0.4, -0.2) is 50.8 Å². The molecule has 0 atom stereocenters. The van der Waals surface area contributed by atoms with Crippen molar-refractivity contribution >= 4 is 16.9 Å². The van der Waals surface area contributed by atoms with Crippen LogP contribution in [0.3, 0.4) is 0 Å². The van der Waals surface area contributed by atoms with E-state index in [1.54, 1.807) is 6.33 Å². The fourth-order valence-corrected chi connectivity index (χ4v) is 3.42. The Balaban J connectivity index is 1.45. The number of nitrogens with one attached hydrogen (secondary N) is 1. The fraction of sp³-hybridized carbons (Fsp3) is 0.421. The minimum atomic E-state index is 0.717. The summed E-state index contributed by atoms with van der Waals surface area (Å²) in [7, 11) is 0. The topological polar surface area (TPSA) is 58.9 Å². The molecule has 0 radical (unpaired) electrons. The average Bonchev–Trinajstić information content (AvgIpc) is 3.07. The minimum Gasteiger partial charge on any atom is -0.368 e. The number of hydrogen-bond acceptors (Lipinski definition) is 5. The molecule has 0 unspecified atom stereocenters. The molecule has 0 amide bonds. The summed E-state index contributed by atoms with van der Waals surface area (Å²) in [4.78, 5) is 11.4. The maximum Gasteiger partial charge on any atom is 0.163 e. The Morgan fingerprint density at radius 2 is 1.84 bits per heavy atom. The lowest BCUT2D eigenvalue weighted by Gasteiger charge is -2.26. The minimum absolute atomic E-state index is 0.717. The van der Waals surface area contributed by atoms with Gasteiger partial charge in [-0.25, -0.2) is 14.6 Å². The van der Waals surface area contributed by atoms with E-state index < -0.39 is 0 Å². The molecule has 4 rings (SSSR count). The van der Waals surface area contributed by atoms with Gasteiger partial charge in [0.05, 0.1) is 18.1 Å². The highest BCUT2D eigenvalue weighted by atomic mass is 15.3. The van der Waals surface area contributed by atoms with E-state index in [-0.39, 0.29) is 0 Å². The highest BCUT2D eigenvalue weighted by molar-refractivity contribution is 5.86. The van der Waals surface area contributed by atoms with Gasteiger partial charge in [0.1, 0.15) is 12.1 Å². The maximum atomic E-state index is 4.51. The molecule has 1 aliphatic heterocycles. The predicted molar refractivity (Wildman–Crippen MR) is 99.6 cm³/mol. The van der Waals surface area contributed by atoms with Gasteiger partial charge in [0, 0.05) is 13.1 Å². The van der Waals surface area contributed by atoms with E-state index in [0.29, 0.717) is 6.54 Å². The molecule has 3 aromatic rings. The molecule has 1 N–H and O–H groups in total. The molecule has 6 nitrogen and oxygen atoms in total. The van der Waals surface area contributed by atoms with Crippen LogP contribution in [-0.2, 0) is 6.54 Å². The lowest BCUT2D eigenvalue weighted by molar-refractivity contribution is 0.237. The van der Waals surface area contributed by atoms with E-state index in [2.05, 4.69) is 37.4 Å². The Morgan fingerprint density at radius 1 is 1.00 bits per heavy atom. The Morgan fingerprint density at radius 3 is 2.68 bits per heavy atom. The van der Waals surface area contributed by atoms with Crippen molar-refractivity contribution in [3.8, 4) is 0 Å². The van der Waals surface area contributed by atoms with Gasteiger partial charge >= 0.3 is 0 Å². The predicted octanol–water partition coefficient (Wildman–Crippen LogP) is 2.77. The molecule has 1 saturated heterocycles. The largest absolute Gasteiger partial charge is 0.368 e. The van der Waals surface area contributed by atoms with E-state index in [0.717, 1.165) is 29.9 Å². The summed E-state index contributed by atoms with van der Waals surface area (Å²) in [5.74, 6) is 0.876. The van der Waals surface area contributed by atoms with E-state index in [9.17, 15) is 0 Å². The molecule has 0 spiro atoms. The van der Waals surface area contributed by atoms with Crippen molar-refractivity contribution in [3.05, 3.63) is 48.4 Å². The van der Waals surface area contributed by atoms with E-state index in [4.69, 9.17) is 0 Å². The smallest absolute Gasteiger partial charge is 0.163 e. The summed E-state index contributed by atoms with van der Waals surface area (Å²) >= 11 is 0. The van der Waals surface area contributed by atoms with E-state index in [1.165, 1.54) is 37.9 Å². The van der Waals surface area contributed by atoms with Gasteiger partial charge in [0.2, 0.25) is 0 Å². The average molecular weight is 336 g/mol. The van der Waals surface area contributed by atoms with E-state index in [1.807, 2.05) is 29.1 Å². The maximum absolute atomic E-state index is 4.51. The van der Waals surface area contributed by atoms with Gasteiger partial charge in [-0.1, -0.05) is 36.8 Å². The molecular formula is C19H24N6. The highest BCUT2D eigenvalue weighted by Crippen LogP contribution is 2.19. The van der Waals surface area contributed by atoms with Crippen LogP contribution in [0.2, 0.25) is 0 Å². The second-order valence-electron chi connectivity index (χ2n) is 6.58. The van der Waals surface area contributed by atoms with Crippen LogP contribution >= 0.6 is 0 Å². The summed E-state index contributed by atoms with van der Waals surface area (Å²) in [6, 6.07) is 10.3. The van der Waals surface area contributed by atoms with Gasteiger partial charge in [0.25, 0.3) is 0 Å². The number of anilines is 1. The molecule has 6 heteroatoms. The number of hydrogen-bond donors (Lipinski definition) is 1. The van der Waals surface area contributed by atoms with Crippen LogP contribution in [0.1, 0.15) is 24.8 Å². The van der Waals surface area contributed by atoms with E-state index >= 15 is 0 Å². The number of fused-ring (bicyclic) bond motifs is 1. The quantitative estimate of drug-likeness (QED) is 0.750. The molecule has 2 aromatic heterocycles. The molecule has 25 heavy (non-hydrogen) atoms. The van der Waals surface area contributed by atoms with Crippen LogP contribution in [0.15, 0.2) is 42.9 Å². The van der Waals surface area contributed by atoms with Crippen molar-refractivity contribution in [1.82, 2.24) is 24.6 Å². The third-order valence-electron chi connectivity index (χ3n) is 4.78. The standard InChI is InChI=1S/C19H24N6/c1-3-7-16(8-4-1)14-25-19-17(13-23-25)18(21-15-22-19)20-9-12-24-10-5-2-6-11-24/h1,3-4,7-8,13,15H,2,5-6,9-12,14H2,(H,20,21,22). The summed E-state index contributed by atoms with van der Waals surface area (Å²) in [6.07, 6.45) is 7.50. The monoisotopic (exact) mass is 336 g/mol. The molecule has 0 bridgehead atoms. The van der Waals surface area contributed by atoms with Gasteiger partial charge in [-0.15, -0.1) is 0 Å². The van der Waals surface area contributed by atoms with Crippen molar-refractivity contribution < 1.29 is 0 Å². The molecule has 0 saturated carbocycles. The first kappa shape index (κ1) is 16.0. The van der Waals surface area contributed by atoms with Gasteiger partial charge in [-0.05, 0) is 31.5 Å². The lowest BCUT2D eigenvalue weighted by atomic mass is 10.1. The molecule has 1 aliphatic rings. The zero-order valence-corrected chi connectivity index (χ0v) is 14.4. The first-order chi connectivity index (χ1) is 12.4. The van der Waals surface area contributed by atoms with Crippen molar-refractivity contribution in [2.75, 3.05) is 31.5 Å². The number of rotatable bonds is 6. The number of benzene rings is 1. The lowest BCUT2D eigenvalue weighted by Crippen LogP contribution is -2.33. The molecule has 3 heterocycles. The third-order valence-corrected chi connectivity index (χ3v) is 4.78. The summed E-state index contributed by atoms with van der Waals surface area (Å²) < 4.78 is 1.93. The fourth-order valence-electron chi connectivity index (χ4n) is 3.42. The summed E-state index contributed by atoms with van der Waals surface area (Å²) in [5, 5.41) is 8.96. The van der Waals surface area contributed by atoms with Crippen LogP contribution in [0.5, 0.6) is 0 Å². The highest BCUT2D eigenvalue weighted by Gasteiger charge is 2.12. The Labute approximate surface area is 147 Å². The Kier molecular flexibility index (Phi) is 4.88. The molecule has 130 valence electrons. The molecule has 1 aromatic carbocycles. The summed E-state index contributed by atoms with van der Waals surface area (Å²) in [6.45, 7) is 5.11. The first-order valence-electron chi connectivity index (χ1n) is 9.07. The molecular weight excluding hydrogens is 312 g/mol. The van der Waals surface area contributed by atoms with Crippen LogP contribution in [0.4, 0.5) is 5.82 Å². The zero-order valence-electron chi connectivity index (χ0n) is 14.4. The van der Waals surface area contributed by atoms with Crippen molar-refractivity contribution in [1.29, 1.82) is 0 Å². The Hall–Kier alpha value is -2.47. The van der Waals surface area contributed by atoms with Crippen LogP contribution < -0.4 is 5.32 Å². The van der Waals surface area contributed by atoms with Crippen molar-refractivity contribution in [2.24, 2.45) is 0 Å². The normalized spacial score (nSPS) is 15.5. The Bertz CT molecular complexity index is 807. The second-order valence-corrected chi connectivity index (χ2v) is 6.58. The van der Waals surface area contributed by atoms with Crippen molar-refractivity contribution in [2.45, 2.75) is 25.8 Å². The SMILES string of the molecule is c1ccc(Cn2ncc3c(NCCN4CCCCC4)ncnc32)cc1. The van der Waals surface area contributed by atoms with Crippen LogP contribution in [0, 0.1) is 0 Å². The third kappa shape index (κ3) is 3.79. The first-order valence-corrected chi connectivity index (χ1v) is 9.07. The van der Waals surface area contributed by atoms with Gasteiger partial charge in [-0.3, -0.25) is 0 Å². The number of likely N-dealkylation sites (tertiary alicyclic amines) is 1.